The van der Waals surface area contributed by atoms with Gasteiger partial charge >= 0.3 is 0 Å². The molecule has 21 heavy (non-hydrogen) atoms. The lowest BCUT2D eigenvalue weighted by Gasteiger charge is -2.23. The Kier molecular flexibility index (Phi) is 4.56. The van der Waals surface area contributed by atoms with Gasteiger partial charge in [-0.1, -0.05) is 19.1 Å². The second-order valence-corrected chi connectivity index (χ2v) is 7.92. The highest BCUT2D eigenvalue weighted by atomic mass is 32.2. The number of ether oxygens (including phenoxy) is 1. The van der Waals surface area contributed by atoms with Crippen LogP contribution < -0.4 is 10.1 Å². The molecule has 1 fully saturated rings. The lowest BCUT2D eigenvalue weighted by atomic mass is 10.0. The number of rotatable bonds is 5. The van der Waals surface area contributed by atoms with Gasteiger partial charge in [-0.05, 0) is 37.5 Å². The Morgan fingerprint density at radius 2 is 2.00 bits per heavy atom. The third-order valence-corrected chi connectivity index (χ3v) is 5.55. The SMILES string of the molecule is CCc1ccc(OCC(=O)N[C@]2(C)CCS(=O)(=O)C2)cc1. The van der Waals surface area contributed by atoms with Gasteiger partial charge in [0.05, 0.1) is 17.0 Å². The van der Waals surface area contributed by atoms with Crippen molar-refractivity contribution in [2.45, 2.75) is 32.2 Å². The van der Waals surface area contributed by atoms with Crippen molar-refractivity contribution in [3.8, 4) is 5.75 Å². The number of amides is 1. The summed E-state index contributed by atoms with van der Waals surface area (Å²) in [6.45, 7) is 3.71. The molecular formula is C15H21NO4S. The molecule has 2 rings (SSSR count). The molecule has 1 aromatic rings. The van der Waals surface area contributed by atoms with E-state index in [4.69, 9.17) is 4.74 Å². The van der Waals surface area contributed by atoms with Crippen LogP contribution in [0.1, 0.15) is 25.8 Å². The predicted molar refractivity (Wildman–Crippen MR) is 81.1 cm³/mol. The zero-order valence-electron chi connectivity index (χ0n) is 12.4. The number of aryl methyl sites for hydroxylation is 1. The fourth-order valence-electron chi connectivity index (χ4n) is 2.45. The molecule has 1 N–H and O–H groups in total. The normalized spacial score (nSPS) is 23.7. The van der Waals surface area contributed by atoms with Crippen molar-refractivity contribution < 1.29 is 17.9 Å². The molecule has 1 atom stereocenters. The van der Waals surface area contributed by atoms with E-state index in [1.807, 2.05) is 24.3 Å². The number of nitrogens with one attached hydrogen (secondary N) is 1. The summed E-state index contributed by atoms with van der Waals surface area (Å²) in [5.74, 6) is 0.459. The van der Waals surface area contributed by atoms with E-state index in [0.717, 1.165) is 6.42 Å². The Labute approximate surface area is 125 Å². The van der Waals surface area contributed by atoms with Gasteiger partial charge in [-0.3, -0.25) is 4.79 Å². The molecule has 6 heteroatoms. The average Bonchev–Trinajstić information content (AvgIpc) is 2.70. The number of sulfone groups is 1. The van der Waals surface area contributed by atoms with Gasteiger partial charge in [0.1, 0.15) is 5.75 Å². The monoisotopic (exact) mass is 311 g/mol. The number of carbonyl (C=O) groups is 1. The molecule has 1 aromatic carbocycles. The molecule has 0 aliphatic carbocycles. The van der Waals surface area contributed by atoms with Crippen LogP contribution in [-0.2, 0) is 21.1 Å². The summed E-state index contributed by atoms with van der Waals surface area (Å²) in [4.78, 5) is 11.9. The van der Waals surface area contributed by atoms with Gasteiger partial charge in [0.15, 0.2) is 16.4 Å². The van der Waals surface area contributed by atoms with Crippen LogP contribution in [0.25, 0.3) is 0 Å². The minimum atomic E-state index is -3.03. The van der Waals surface area contributed by atoms with E-state index in [1.165, 1.54) is 5.56 Å². The van der Waals surface area contributed by atoms with Crippen LogP contribution in [0.2, 0.25) is 0 Å². The van der Waals surface area contributed by atoms with Crippen LogP contribution in [-0.4, -0.2) is 38.0 Å². The van der Waals surface area contributed by atoms with E-state index in [9.17, 15) is 13.2 Å². The second kappa shape index (κ2) is 6.05. The molecule has 0 spiro atoms. The quantitative estimate of drug-likeness (QED) is 0.890. The molecule has 116 valence electrons. The zero-order chi connectivity index (χ0) is 15.5. The van der Waals surface area contributed by atoms with E-state index in [1.54, 1.807) is 6.92 Å². The number of carbonyl (C=O) groups excluding carboxylic acids is 1. The number of hydrogen-bond donors (Lipinski definition) is 1. The summed E-state index contributed by atoms with van der Waals surface area (Å²) >= 11 is 0. The summed E-state index contributed by atoms with van der Waals surface area (Å²) < 4.78 is 28.4. The maximum absolute atomic E-state index is 11.9. The molecule has 1 saturated heterocycles. The van der Waals surface area contributed by atoms with Gasteiger partial charge in [0.25, 0.3) is 5.91 Å². The summed E-state index contributed by atoms with van der Waals surface area (Å²) in [6.07, 6.45) is 1.40. The molecule has 0 aromatic heterocycles. The highest BCUT2D eigenvalue weighted by Gasteiger charge is 2.39. The first kappa shape index (κ1) is 15.8. The van der Waals surface area contributed by atoms with Gasteiger partial charge < -0.3 is 10.1 Å². The van der Waals surface area contributed by atoms with E-state index in [-0.39, 0.29) is 24.0 Å². The van der Waals surface area contributed by atoms with Gasteiger partial charge in [-0.25, -0.2) is 8.42 Å². The highest BCUT2D eigenvalue weighted by molar-refractivity contribution is 7.91. The summed E-state index contributed by atoms with van der Waals surface area (Å²) in [7, 11) is -3.03. The first-order chi connectivity index (χ1) is 9.82. The summed E-state index contributed by atoms with van der Waals surface area (Å²) in [5.41, 5.74) is 0.529. The lowest BCUT2D eigenvalue weighted by Crippen LogP contribution is -2.48. The Bertz CT molecular complexity index is 609. The van der Waals surface area contributed by atoms with Gasteiger partial charge in [0, 0.05) is 0 Å². The molecule has 0 radical (unpaired) electrons. The Balaban J connectivity index is 1.84. The van der Waals surface area contributed by atoms with Crippen molar-refractivity contribution >= 4 is 15.7 Å². The predicted octanol–water partition coefficient (Wildman–Crippen LogP) is 1.32. The Morgan fingerprint density at radius 3 is 2.52 bits per heavy atom. The van der Waals surface area contributed by atoms with Crippen molar-refractivity contribution in [3.05, 3.63) is 29.8 Å². The van der Waals surface area contributed by atoms with Crippen molar-refractivity contribution in [2.24, 2.45) is 0 Å². The third kappa shape index (κ3) is 4.46. The van der Waals surface area contributed by atoms with Crippen LogP contribution in [0.5, 0.6) is 5.75 Å². The van der Waals surface area contributed by atoms with E-state index >= 15 is 0 Å². The van der Waals surface area contributed by atoms with Gasteiger partial charge in [0.2, 0.25) is 0 Å². The van der Waals surface area contributed by atoms with Crippen LogP contribution >= 0.6 is 0 Å². The molecule has 1 heterocycles. The largest absolute Gasteiger partial charge is 0.484 e. The minimum Gasteiger partial charge on any atom is -0.484 e. The van der Waals surface area contributed by atoms with E-state index < -0.39 is 15.4 Å². The standard InChI is InChI=1S/C15H21NO4S/c1-3-12-4-6-13(7-5-12)20-10-14(17)16-15(2)8-9-21(18,19)11-15/h4-7H,3,8-11H2,1-2H3,(H,16,17)/t15-/m1/s1. The van der Waals surface area contributed by atoms with Crippen molar-refractivity contribution in [2.75, 3.05) is 18.1 Å². The Hall–Kier alpha value is -1.56. The number of hydrogen-bond acceptors (Lipinski definition) is 4. The first-order valence-electron chi connectivity index (χ1n) is 7.05. The van der Waals surface area contributed by atoms with Crippen LogP contribution in [0.15, 0.2) is 24.3 Å². The second-order valence-electron chi connectivity index (χ2n) is 5.74. The zero-order valence-corrected chi connectivity index (χ0v) is 13.2. The molecule has 0 saturated carbocycles. The lowest BCUT2D eigenvalue weighted by molar-refractivity contribution is -0.124. The van der Waals surface area contributed by atoms with Crippen molar-refractivity contribution in [1.82, 2.24) is 5.32 Å². The topological polar surface area (TPSA) is 72.5 Å². The fraction of sp³-hybridized carbons (Fsp3) is 0.533. The maximum atomic E-state index is 11.9. The molecule has 5 nitrogen and oxygen atoms in total. The smallest absolute Gasteiger partial charge is 0.258 e. The van der Waals surface area contributed by atoms with Crippen LogP contribution in [0.4, 0.5) is 0 Å². The fourth-order valence-corrected chi connectivity index (χ4v) is 4.55. The minimum absolute atomic E-state index is 0.00304. The molecule has 1 aliphatic rings. The highest BCUT2D eigenvalue weighted by Crippen LogP contribution is 2.22. The van der Waals surface area contributed by atoms with E-state index in [2.05, 4.69) is 12.2 Å². The molecule has 1 amide bonds. The third-order valence-electron chi connectivity index (χ3n) is 3.65. The molecule has 0 unspecified atom stereocenters. The molecule has 0 bridgehead atoms. The Morgan fingerprint density at radius 1 is 1.33 bits per heavy atom. The van der Waals surface area contributed by atoms with E-state index in [0.29, 0.717) is 12.2 Å². The summed E-state index contributed by atoms with van der Waals surface area (Å²) in [6, 6.07) is 7.57. The average molecular weight is 311 g/mol. The van der Waals surface area contributed by atoms with Crippen molar-refractivity contribution in [1.29, 1.82) is 0 Å². The number of benzene rings is 1. The summed E-state index contributed by atoms with van der Waals surface area (Å²) in [5, 5.41) is 2.76. The van der Waals surface area contributed by atoms with Crippen LogP contribution in [0, 0.1) is 0 Å². The first-order valence-corrected chi connectivity index (χ1v) is 8.87. The van der Waals surface area contributed by atoms with Crippen molar-refractivity contribution in [3.63, 3.8) is 0 Å². The maximum Gasteiger partial charge on any atom is 0.258 e. The van der Waals surface area contributed by atoms with Crippen LogP contribution in [0.3, 0.4) is 0 Å². The van der Waals surface area contributed by atoms with Gasteiger partial charge in [-0.2, -0.15) is 0 Å². The molecule has 1 aliphatic heterocycles. The molecular weight excluding hydrogens is 290 g/mol. The van der Waals surface area contributed by atoms with Gasteiger partial charge in [-0.15, -0.1) is 0 Å².